The fourth-order valence-corrected chi connectivity index (χ4v) is 0. The van der Waals surface area contributed by atoms with Crippen molar-refractivity contribution in [2.24, 2.45) is 5.92 Å². The molecule has 0 saturated heterocycles. The molecule has 0 spiro atoms. The summed E-state index contributed by atoms with van der Waals surface area (Å²) in [7, 11) is 0. The third-order valence-corrected chi connectivity index (χ3v) is 0.471. The molecule has 0 fully saturated rings. The monoisotopic (exact) mass is 100 g/mol. The van der Waals surface area contributed by atoms with E-state index in [2.05, 4.69) is 20.4 Å². The molecular formula is C7H16. The minimum Gasteiger partial charge on any atom is -0.103 e. The molecule has 0 heterocycles. The Kier molecular flexibility index (Phi) is 13.0. The van der Waals surface area contributed by atoms with Gasteiger partial charge < -0.3 is 0 Å². The SMILES string of the molecule is C=CC(C)C.CC. The molecule has 0 amide bonds. The molecule has 0 aromatic rings. The maximum absolute atomic E-state index is 3.56. The first-order valence-corrected chi connectivity index (χ1v) is 2.90. The fraction of sp³-hybridized carbons (Fsp3) is 0.714. The Morgan fingerprint density at radius 1 is 1.29 bits per heavy atom. The zero-order valence-electron chi connectivity index (χ0n) is 5.86. The van der Waals surface area contributed by atoms with Crippen molar-refractivity contribution in [1.29, 1.82) is 0 Å². The van der Waals surface area contributed by atoms with E-state index in [0.717, 1.165) is 0 Å². The lowest BCUT2D eigenvalue weighted by atomic mass is 10.2. The maximum Gasteiger partial charge on any atom is -0.0293 e. The fourth-order valence-electron chi connectivity index (χ4n) is 0. The second-order valence-electron chi connectivity index (χ2n) is 1.48. The molecule has 0 atom stereocenters. The van der Waals surface area contributed by atoms with E-state index in [-0.39, 0.29) is 0 Å². The summed E-state index contributed by atoms with van der Waals surface area (Å²) in [5, 5.41) is 0. The summed E-state index contributed by atoms with van der Waals surface area (Å²) in [5.74, 6) is 0.648. The zero-order valence-corrected chi connectivity index (χ0v) is 5.86. The largest absolute Gasteiger partial charge is 0.103 e. The normalized spacial score (nSPS) is 7.00. The first-order chi connectivity index (χ1) is 3.27. The molecule has 0 aromatic carbocycles. The summed E-state index contributed by atoms with van der Waals surface area (Å²) in [5.41, 5.74) is 0. The molecule has 0 rings (SSSR count). The van der Waals surface area contributed by atoms with Crippen LogP contribution in [0.1, 0.15) is 27.7 Å². The van der Waals surface area contributed by atoms with E-state index in [1.54, 1.807) is 0 Å². The van der Waals surface area contributed by atoms with Gasteiger partial charge in [0, 0.05) is 0 Å². The van der Waals surface area contributed by atoms with Gasteiger partial charge in [0.25, 0.3) is 0 Å². The molecule has 0 saturated carbocycles. The molecule has 0 N–H and O–H groups in total. The van der Waals surface area contributed by atoms with Gasteiger partial charge in [-0.15, -0.1) is 6.58 Å². The van der Waals surface area contributed by atoms with Crippen LogP contribution >= 0.6 is 0 Å². The van der Waals surface area contributed by atoms with Gasteiger partial charge in [-0.2, -0.15) is 0 Å². The maximum atomic E-state index is 3.56. The Morgan fingerprint density at radius 2 is 1.43 bits per heavy atom. The molecule has 0 aliphatic carbocycles. The minimum atomic E-state index is 0.648. The van der Waals surface area contributed by atoms with Crippen molar-refractivity contribution in [3.63, 3.8) is 0 Å². The number of allylic oxidation sites excluding steroid dienone is 1. The van der Waals surface area contributed by atoms with Crippen molar-refractivity contribution in [2.45, 2.75) is 27.7 Å². The number of hydrogen-bond acceptors (Lipinski definition) is 0. The summed E-state index contributed by atoms with van der Waals surface area (Å²) < 4.78 is 0. The first-order valence-electron chi connectivity index (χ1n) is 2.90. The third kappa shape index (κ3) is 26.5. The molecule has 0 bridgehead atoms. The Labute approximate surface area is 47.2 Å². The Hall–Kier alpha value is -0.260. The van der Waals surface area contributed by atoms with Crippen molar-refractivity contribution >= 4 is 0 Å². The van der Waals surface area contributed by atoms with Crippen LogP contribution in [0.15, 0.2) is 12.7 Å². The van der Waals surface area contributed by atoms with Crippen LogP contribution in [-0.2, 0) is 0 Å². The van der Waals surface area contributed by atoms with Crippen molar-refractivity contribution < 1.29 is 0 Å². The zero-order chi connectivity index (χ0) is 6.28. The second kappa shape index (κ2) is 9.22. The van der Waals surface area contributed by atoms with E-state index in [0.29, 0.717) is 5.92 Å². The summed E-state index contributed by atoms with van der Waals surface area (Å²) in [6.45, 7) is 11.8. The van der Waals surface area contributed by atoms with Gasteiger partial charge in [0.05, 0.1) is 0 Å². The lowest BCUT2D eigenvalue weighted by Crippen LogP contribution is -1.71. The molecule has 0 aromatic heterocycles. The number of hydrogen-bond donors (Lipinski definition) is 0. The second-order valence-corrected chi connectivity index (χ2v) is 1.48. The smallest absolute Gasteiger partial charge is 0.0293 e. The number of rotatable bonds is 1. The predicted octanol–water partition coefficient (Wildman–Crippen LogP) is 2.85. The summed E-state index contributed by atoms with van der Waals surface area (Å²) >= 11 is 0. The van der Waals surface area contributed by atoms with Gasteiger partial charge in [0.15, 0.2) is 0 Å². The van der Waals surface area contributed by atoms with Crippen LogP contribution in [0.5, 0.6) is 0 Å². The minimum absolute atomic E-state index is 0.648. The van der Waals surface area contributed by atoms with E-state index >= 15 is 0 Å². The van der Waals surface area contributed by atoms with Crippen LogP contribution < -0.4 is 0 Å². The molecular weight excluding hydrogens is 84.1 g/mol. The summed E-state index contributed by atoms with van der Waals surface area (Å²) in [4.78, 5) is 0. The van der Waals surface area contributed by atoms with Crippen molar-refractivity contribution in [1.82, 2.24) is 0 Å². The molecule has 0 unspecified atom stereocenters. The van der Waals surface area contributed by atoms with E-state index in [1.807, 2.05) is 19.9 Å². The van der Waals surface area contributed by atoms with Crippen molar-refractivity contribution in [3.05, 3.63) is 12.7 Å². The van der Waals surface area contributed by atoms with Gasteiger partial charge in [-0.05, 0) is 5.92 Å². The average Bonchev–Trinajstić information content (AvgIpc) is 1.73. The van der Waals surface area contributed by atoms with Gasteiger partial charge in [-0.25, -0.2) is 0 Å². The van der Waals surface area contributed by atoms with Crippen LogP contribution in [0.3, 0.4) is 0 Å². The molecule has 0 heteroatoms. The molecule has 44 valence electrons. The van der Waals surface area contributed by atoms with Crippen molar-refractivity contribution in [2.75, 3.05) is 0 Å². The van der Waals surface area contributed by atoms with E-state index in [1.165, 1.54) is 0 Å². The molecule has 0 radical (unpaired) electrons. The summed E-state index contributed by atoms with van der Waals surface area (Å²) in [6.07, 6.45) is 1.92. The van der Waals surface area contributed by atoms with Crippen LogP contribution in [0.4, 0.5) is 0 Å². The third-order valence-electron chi connectivity index (χ3n) is 0.471. The average molecular weight is 100 g/mol. The highest BCUT2D eigenvalue weighted by Crippen LogP contribution is 1.87. The van der Waals surface area contributed by atoms with Gasteiger partial charge in [-0.3, -0.25) is 0 Å². The van der Waals surface area contributed by atoms with Gasteiger partial charge in [0.1, 0.15) is 0 Å². The topological polar surface area (TPSA) is 0 Å². The van der Waals surface area contributed by atoms with Crippen LogP contribution in [0, 0.1) is 5.92 Å². The molecule has 0 nitrogen and oxygen atoms in total. The lowest BCUT2D eigenvalue weighted by molar-refractivity contribution is 0.835. The van der Waals surface area contributed by atoms with E-state index in [9.17, 15) is 0 Å². The lowest BCUT2D eigenvalue weighted by Gasteiger charge is -1.84. The molecule has 0 aliphatic rings. The summed E-state index contributed by atoms with van der Waals surface area (Å²) in [6, 6.07) is 0. The molecule has 0 aliphatic heterocycles. The van der Waals surface area contributed by atoms with Crippen LogP contribution in [0.2, 0.25) is 0 Å². The van der Waals surface area contributed by atoms with Crippen molar-refractivity contribution in [3.8, 4) is 0 Å². The molecule has 7 heavy (non-hydrogen) atoms. The Morgan fingerprint density at radius 3 is 1.43 bits per heavy atom. The van der Waals surface area contributed by atoms with Gasteiger partial charge in [-0.1, -0.05) is 33.8 Å². The van der Waals surface area contributed by atoms with Gasteiger partial charge in [0.2, 0.25) is 0 Å². The Balaban J connectivity index is 0. The first kappa shape index (κ1) is 9.88. The van der Waals surface area contributed by atoms with E-state index < -0.39 is 0 Å². The highest BCUT2D eigenvalue weighted by atomic mass is 13.8. The van der Waals surface area contributed by atoms with Gasteiger partial charge >= 0.3 is 0 Å². The Bertz CT molecular complexity index is 27.0. The van der Waals surface area contributed by atoms with Crippen LogP contribution in [0.25, 0.3) is 0 Å². The van der Waals surface area contributed by atoms with E-state index in [4.69, 9.17) is 0 Å². The highest BCUT2D eigenvalue weighted by Gasteiger charge is 1.73. The quantitative estimate of drug-likeness (QED) is 0.444. The standard InChI is InChI=1S/C5H10.C2H6/c1-4-5(2)3;1-2/h4-5H,1H2,2-3H3;1-2H3. The predicted molar refractivity (Wildman–Crippen MR) is 36.4 cm³/mol. The highest BCUT2D eigenvalue weighted by molar-refractivity contribution is 4.69. The van der Waals surface area contributed by atoms with Crippen LogP contribution in [-0.4, -0.2) is 0 Å².